The van der Waals surface area contributed by atoms with Crippen molar-refractivity contribution in [3.05, 3.63) is 12.7 Å². The zero-order valence-corrected chi connectivity index (χ0v) is 11.8. The molecule has 0 spiro atoms. The van der Waals surface area contributed by atoms with Gasteiger partial charge in [-0.05, 0) is 27.2 Å². The van der Waals surface area contributed by atoms with E-state index in [2.05, 4.69) is 6.58 Å². The van der Waals surface area contributed by atoms with Crippen LogP contribution in [0, 0.1) is 5.41 Å². The minimum absolute atomic E-state index is 0.196. The number of nitrogens with zero attached hydrogens (tertiary/aromatic N) is 1. The van der Waals surface area contributed by atoms with Crippen LogP contribution in [0.25, 0.3) is 0 Å². The maximum atomic E-state index is 11.9. The molecule has 0 aromatic heterocycles. The second kappa shape index (κ2) is 5.12. The van der Waals surface area contributed by atoms with E-state index in [-0.39, 0.29) is 11.9 Å². The molecule has 1 rings (SSSR count). The summed E-state index contributed by atoms with van der Waals surface area (Å²) in [5, 5.41) is 0. The first kappa shape index (κ1) is 14.7. The summed E-state index contributed by atoms with van der Waals surface area (Å²) in [5.74, 6) is 0.196. The first-order valence-corrected chi connectivity index (χ1v) is 6.36. The standard InChI is InChI=1S/C14H23NO3/c1-6-8-14(11(16)7-2)9-15(10-14)12(17)18-13(3,4)5/h6H,1,7-10H2,2-5H3. The molecule has 1 amide bonds. The Morgan fingerprint density at radius 1 is 1.39 bits per heavy atom. The number of hydrogen-bond acceptors (Lipinski definition) is 3. The molecule has 0 unspecified atom stereocenters. The van der Waals surface area contributed by atoms with E-state index in [9.17, 15) is 9.59 Å². The Morgan fingerprint density at radius 3 is 2.33 bits per heavy atom. The van der Waals surface area contributed by atoms with Crippen LogP contribution < -0.4 is 0 Å². The molecule has 0 saturated carbocycles. The molecule has 1 saturated heterocycles. The zero-order valence-electron chi connectivity index (χ0n) is 11.8. The summed E-state index contributed by atoms with van der Waals surface area (Å²) < 4.78 is 5.28. The van der Waals surface area contributed by atoms with Crippen LogP contribution in [0.4, 0.5) is 4.79 Å². The number of allylic oxidation sites excluding steroid dienone is 1. The summed E-state index contributed by atoms with van der Waals surface area (Å²) in [6.07, 6.45) is 2.53. The smallest absolute Gasteiger partial charge is 0.410 e. The molecule has 0 aromatic carbocycles. The summed E-state index contributed by atoms with van der Waals surface area (Å²) in [6.45, 7) is 11.9. The zero-order chi connectivity index (χ0) is 14.0. The highest BCUT2D eigenvalue weighted by atomic mass is 16.6. The SMILES string of the molecule is C=CCC1(C(=O)CC)CN(C(=O)OC(C)(C)C)C1. The third-order valence-electron chi connectivity index (χ3n) is 3.09. The first-order chi connectivity index (χ1) is 8.24. The van der Waals surface area contributed by atoms with E-state index in [4.69, 9.17) is 4.74 Å². The molecule has 1 aliphatic rings. The van der Waals surface area contributed by atoms with E-state index in [1.54, 1.807) is 11.0 Å². The van der Waals surface area contributed by atoms with E-state index in [1.165, 1.54) is 0 Å². The van der Waals surface area contributed by atoms with Crippen molar-refractivity contribution >= 4 is 11.9 Å². The quantitative estimate of drug-likeness (QED) is 0.724. The van der Waals surface area contributed by atoms with Gasteiger partial charge >= 0.3 is 6.09 Å². The summed E-state index contributed by atoms with van der Waals surface area (Å²) in [5.41, 5.74) is -0.921. The van der Waals surface area contributed by atoms with E-state index < -0.39 is 11.0 Å². The Kier molecular flexibility index (Phi) is 4.20. The van der Waals surface area contributed by atoms with E-state index >= 15 is 0 Å². The average Bonchev–Trinajstić information content (AvgIpc) is 2.18. The average molecular weight is 253 g/mol. The van der Waals surface area contributed by atoms with Crippen LogP contribution in [0.1, 0.15) is 40.5 Å². The highest BCUT2D eigenvalue weighted by Gasteiger charge is 2.49. The number of Topliss-reactive ketones (excluding diaryl/α,β-unsaturated/α-hetero) is 1. The molecule has 0 N–H and O–H groups in total. The predicted molar refractivity (Wildman–Crippen MR) is 70.4 cm³/mol. The number of carbonyl (C=O) groups is 2. The fourth-order valence-electron chi connectivity index (χ4n) is 2.21. The Bertz CT molecular complexity index is 349. The third-order valence-corrected chi connectivity index (χ3v) is 3.09. The van der Waals surface area contributed by atoms with Gasteiger partial charge in [0, 0.05) is 19.5 Å². The molecule has 0 aromatic rings. The van der Waals surface area contributed by atoms with Crippen LogP contribution >= 0.6 is 0 Å². The van der Waals surface area contributed by atoms with E-state index in [1.807, 2.05) is 27.7 Å². The molecule has 18 heavy (non-hydrogen) atoms. The van der Waals surface area contributed by atoms with Crippen LogP contribution in [-0.2, 0) is 9.53 Å². The Labute approximate surface area is 109 Å². The maximum absolute atomic E-state index is 11.9. The highest BCUT2D eigenvalue weighted by molar-refractivity contribution is 5.88. The van der Waals surface area contributed by atoms with Gasteiger partial charge in [0.15, 0.2) is 0 Å². The van der Waals surface area contributed by atoms with Gasteiger partial charge in [0.05, 0.1) is 5.41 Å². The van der Waals surface area contributed by atoms with Crippen molar-refractivity contribution in [1.82, 2.24) is 4.90 Å². The number of hydrogen-bond donors (Lipinski definition) is 0. The highest BCUT2D eigenvalue weighted by Crippen LogP contribution is 2.37. The van der Waals surface area contributed by atoms with Crippen molar-refractivity contribution < 1.29 is 14.3 Å². The largest absolute Gasteiger partial charge is 0.444 e. The van der Waals surface area contributed by atoms with Gasteiger partial charge in [-0.2, -0.15) is 0 Å². The second-order valence-corrected chi connectivity index (χ2v) is 5.89. The van der Waals surface area contributed by atoms with Crippen molar-refractivity contribution in [2.45, 2.75) is 46.1 Å². The van der Waals surface area contributed by atoms with Gasteiger partial charge in [-0.25, -0.2) is 4.79 Å². The molecule has 4 nitrogen and oxygen atoms in total. The number of ketones is 1. The van der Waals surface area contributed by atoms with Crippen molar-refractivity contribution in [1.29, 1.82) is 0 Å². The third kappa shape index (κ3) is 3.12. The number of carbonyl (C=O) groups excluding carboxylic acids is 2. The lowest BCUT2D eigenvalue weighted by atomic mass is 9.72. The van der Waals surface area contributed by atoms with Crippen LogP contribution in [0.15, 0.2) is 12.7 Å². The minimum atomic E-state index is -0.497. The number of rotatable bonds is 4. The topological polar surface area (TPSA) is 46.6 Å². The molecule has 4 heteroatoms. The van der Waals surface area contributed by atoms with Crippen LogP contribution in [-0.4, -0.2) is 35.5 Å². The fraction of sp³-hybridized carbons (Fsp3) is 0.714. The van der Waals surface area contributed by atoms with Gasteiger partial charge in [0.1, 0.15) is 11.4 Å². The van der Waals surface area contributed by atoms with Gasteiger partial charge in [0.2, 0.25) is 0 Å². The van der Waals surface area contributed by atoms with Gasteiger partial charge < -0.3 is 9.64 Å². The van der Waals surface area contributed by atoms with Crippen molar-refractivity contribution in [2.24, 2.45) is 5.41 Å². The number of amides is 1. The first-order valence-electron chi connectivity index (χ1n) is 6.36. The normalized spacial score (nSPS) is 17.9. The Morgan fingerprint density at radius 2 is 1.94 bits per heavy atom. The lowest BCUT2D eigenvalue weighted by Crippen LogP contribution is -2.62. The van der Waals surface area contributed by atoms with Gasteiger partial charge in [-0.1, -0.05) is 13.0 Å². The summed E-state index contributed by atoms with van der Waals surface area (Å²) >= 11 is 0. The molecule has 1 aliphatic heterocycles. The fourth-order valence-corrected chi connectivity index (χ4v) is 2.21. The van der Waals surface area contributed by atoms with Gasteiger partial charge in [0.25, 0.3) is 0 Å². The lowest BCUT2D eigenvalue weighted by Gasteiger charge is -2.48. The van der Waals surface area contributed by atoms with Crippen molar-refractivity contribution in [3.63, 3.8) is 0 Å². The predicted octanol–water partition coefficient (Wildman–Crippen LogP) is 2.78. The summed E-state index contributed by atoms with van der Waals surface area (Å²) in [4.78, 5) is 25.3. The number of likely N-dealkylation sites (tertiary alicyclic amines) is 1. The van der Waals surface area contributed by atoms with Crippen molar-refractivity contribution in [3.8, 4) is 0 Å². The Balaban J connectivity index is 2.61. The molecule has 0 bridgehead atoms. The summed E-state index contributed by atoms with van der Waals surface area (Å²) in [7, 11) is 0. The summed E-state index contributed by atoms with van der Waals surface area (Å²) in [6, 6.07) is 0. The molecule has 1 heterocycles. The molecule has 0 atom stereocenters. The molecular weight excluding hydrogens is 230 g/mol. The molecule has 1 fully saturated rings. The molecule has 0 aliphatic carbocycles. The number of ether oxygens (including phenoxy) is 1. The molecular formula is C14H23NO3. The van der Waals surface area contributed by atoms with Crippen molar-refractivity contribution in [2.75, 3.05) is 13.1 Å². The van der Waals surface area contributed by atoms with E-state index in [0.29, 0.717) is 25.9 Å². The van der Waals surface area contributed by atoms with Crippen LogP contribution in [0.2, 0.25) is 0 Å². The monoisotopic (exact) mass is 253 g/mol. The maximum Gasteiger partial charge on any atom is 0.410 e. The lowest BCUT2D eigenvalue weighted by molar-refractivity contribution is -0.137. The van der Waals surface area contributed by atoms with E-state index in [0.717, 1.165) is 0 Å². The van der Waals surface area contributed by atoms with Crippen LogP contribution in [0.5, 0.6) is 0 Å². The second-order valence-electron chi connectivity index (χ2n) is 5.89. The Hall–Kier alpha value is -1.32. The van der Waals surface area contributed by atoms with Gasteiger partial charge in [-0.3, -0.25) is 4.79 Å². The molecule has 102 valence electrons. The van der Waals surface area contributed by atoms with Crippen LogP contribution in [0.3, 0.4) is 0 Å². The van der Waals surface area contributed by atoms with Gasteiger partial charge in [-0.15, -0.1) is 6.58 Å². The molecule has 0 radical (unpaired) electrons. The minimum Gasteiger partial charge on any atom is -0.444 e.